The van der Waals surface area contributed by atoms with Crippen molar-refractivity contribution in [3.05, 3.63) is 72.1 Å². The molecule has 29 heavy (non-hydrogen) atoms. The molecule has 0 spiro atoms. The fourth-order valence-corrected chi connectivity index (χ4v) is 2.64. The largest absolute Gasteiger partial charge is 0.497 e. The number of hydrogen-bond donors (Lipinski definition) is 1. The maximum absolute atomic E-state index is 12.4. The number of amides is 1. The maximum Gasteiger partial charge on any atom is 0.272 e. The van der Waals surface area contributed by atoms with E-state index in [9.17, 15) is 4.79 Å². The molecule has 3 aromatic rings. The van der Waals surface area contributed by atoms with E-state index in [0.717, 1.165) is 22.4 Å². The molecule has 0 saturated carbocycles. The lowest BCUT2D eigenvalue weighted by molar-refractivity contribution is 0.0955. The van der Waals surface area contributed by atoms with Crippen LogP contribution in [0.5, 0.6) is 17.2 Å². The van der Waals surface area contributed by atoms with Crippen LogP contribution in [0, 0.1) is 0 Å². The number of pyridine rings is 1. The lowest BCUT2D eigenvalue weighted by Crippen LogP contribution is -2.17. The minimum absolute atomic E-state index is 0.362. The first-order chi connectivity index (χ1) is 14.1. The van der Waals surface area contributed by atoms with Gasteiger partial charge in [-0.3, -0.25) is 9.78 Å². The normalized spacial score (nSPS) is 10.6. The molecule has 1 heterocycles. The molecular weight excluding hydrogens is 370 g/mol. The minimum atomic E-state index is -0.362. The first-order valence-corrected chi connectivity index (χ1v) is 8.79. The second kappa shape index (κ2) is 9.36. The minimum Gasteiger partial charge on any atom is -0.497 e. The van der Waals surface area contributed by atoms with Crippen LogP contribution >= 0.6 is 0 Å². The Morgan fingerprint density at radius 1 is 0.862 bits per heavy atom. The molecule has 7 heteroatoms. The van der Waals surface area contributed by atoms with Crippen LogP contribution in [0.1, 0.15) is 15.9 Å². The highest BCUT2D eigenvalue weighted by molar-refractivity contribution is 5.95. The molecule has 0 unspecified atom stereocenters. The fourth-order valence-electron chi connectivity index (χ4n) is 2.64. The third kappa shape index (κ3) is 5.10. The highest BCUT2D eigenvalue weighted by Gasteiger charge is 2.08. The Hall–Kier alpha value is -3.87. The summed E-state index contributed by atoms with van der Waals surface area (Å²) < 4.78 is 15.6. The van der Waals surface area contributed by atoms with Gasteiger partial charge in [0.1, 0.15) is 17.2 Å². The molecule has 148 valence electrons. The highest BCUT2D eigenvalue weighted by atomic mass is 16.5. The van der Waals surface area contributed by atoms with Crippen molar-refractivity contribution in [3.8, 4) is 28.4 Å². The van der Waals surface area contributed by atoms with Crippen LogP contribution in [-0.2, 0) is 0 Å². The molecule has 1 N–H and O–H groups in total. The van der Waals surface area contributed by atoms with E-state index in [1.807, 2.05) is 24.3 Å². The van der Waals surface area contributed by atoms with E-state index in [-0.39, 0.29) is 5.91 Å². The van der Waals surface area contributed by atoms with Crippen molar-refractivity contribution in [2.75, 3.05) is 21.3 Å². The first kappa shape index (κ1) is 19.9. The summed E-state index contributed by atoms with van der Waals surface area (Å²) >= 11 is 0. The summed E-state index contributed by atoms with van der Waals surface area (Å²) in [5.74, 6) is 1.67. The van der Waals surface area contributed by atoms with Gasteiger partial charge in [-0.15, -0.1) is 0 Å². The molecule has 0 atom stereocenters. The number of aromatic nitrogens is 1. The Morgan fingerprint density at radius 3 is 2.14 bits per heavy atom. The predicted octanol–water partition coefficient (Wildman–Crippen LogP) is 3.54. The number of benzene rings is 2. The first-order valence-electron chi connectivity index (χ1n) is 8.79. The molecule has 0 aliphatic carbocycles. The van der Waals surface area contributed by atoms with E-state index in [0.29, 0.717) is 17.1 Å². The summed E-state index contributed by atoms with van der Waals surface area (Å²) in [6, 6.07) is 14.6. The summed E-state index contributed by atoms with van der Waals surface area (Å²) in [4.78, 5) is 16.6. The Balaban J connectivity index is 1.72. The van der Waals surface area contributed by atoms with E-state index < -0.39 is 0 Å². The van der Waals surface area contributed by atoms with E-state index >= 15 is 0 Å². The zero-order valence-corrected chi connectivity index (χ0v) is 16.4. The van der Waals surface area contributed by atoms with Crippen molar-refractivity contribution in [2.45, 2.75) is 0 Å². The third-order valence-electron chi connectivity index (χ3n) is 4.18. The number of rotatable bonds is 7. The molecule has 3 rings (SSSR count). The zero-order chi connectivity index (χ0) is 20.6. The summed E-state index contributed by atoms with van der Waals surface area (Å²) in [7, 11) is 4.75. The lowest BCUT2D eigenvalue weighted by Gasteiger charge is -2.06. The molecule has 1 aromatic heterocycles. The van der Waals surface area contributed by atoms with Crippen LogP contribution in [-0.4, -0.2) is 38.4 Å². The molecule has 0 bridgehead atoms. The monoisotopic (exact) mass is 391 g/mol. The van der Waals surface area contributed by atoms with E-state index in [2.05, 4.69) is 15.5 Å². The molecule has 0 aliphatic heterocycles. The number of nitrogens with one attached hydrogen (secondary N) is 1. The standard InChI is InChI=1S/C22H21N3O4/c1-27-19-6-4-16(5-7-19)17-10-18(14-23-13-17)22(26)25-24-12-15-8-20(28-2)11-21(9-15)29-3/h4-14H,1-3H3,(H,25,26). The van der Waals surface area contributed by atoms with Gasteiger partial charge in [-0.1, -0.05) is 12.1 Å². The summed E-state index contributed by atoms with van der Waals surface area (Å²) in [5, 5.41) is 4.01. The van der Waals surface area contributed by atoms with Gasteiger partial charge in [-0.25, -0.2) is 5.43 Å². The number of carbonyl (C=O) groups excluding carboxylic acids is 1. The van der Waals surface area contributed by atoms with Gasteiger partial charge in [0.15, 0.2) is 0 Å². The van der Waals surface area contributed by atoms with Crippen molar-refractivity contribution >= 4 is 12.1 Å². The second-order valence-electron chi connectivity index (χ2n) is 6.04. The number of hydrazone groups is 1. The summed E-state index contributed by atoms with van der Waals surface area (Å²) in [6.45, 7) is 0. The summed E-state index contributed by atoms with van der Waals surface area (Å²) in [5.41, 5.74) is 5.39. The second-order valence-corrected chi connectivity index (χ2v) is 6.04. The molecule has 2 aromatic carbocycles. The number of ether oxygens (including phenoxy) is 3. The van der Waals surface area contributed by atoms with Gasteiger partial charge in [-0.05, 0) is 35.9 Å². The smallest absolute Gasteiger partial charge is 0.272 e. The topological polar surface area (TPSA) is 82.0 Å². The molecule has 1 amide bonds. The third-order valence-corrected chi connectivity index (χ3v) is 4.18. The summed E-state index contributed by atoms with van der Waals surface area (Å²) in [6.07, 6.45) is 4.71. The predicted molar refractivity (Wildman–Crippen MR) is 111 cm³/mol. The molecule has 7 nitrogen and oxygen atoms in total. The number of carbonyl (C=O) groups is 1. The average molecular weight is 391 g/mol. The SMILES string of the molecule is COc1ccc(-c2cncc(C(=O)NN=Cc3cc(OC)cc(OC)c3)c2)cc1. The molecule has 0 saturated heterocycles. The Labute approximate surface area is 169 Å². The van der Waals surface area contributed by atoms with Gasteiger partial charge in [0.25, 0.3) is 5.91 Å². The van der Waals surface area contributed by atoms with Gasteiger partial charge in [0, 0.05) is 29.6 Å². The average Bonchev–Trinajstić information content (AvgIpc) is 2.78. The molecule has 0 aliphatic rings. The number of hydrogen-bond acceptors (Lipinski definition) is 6. The Morgan fingerprint density at radius 2 is 1.52 bits per heavy atom. The molecular formula is C22H21N3O4. The molecule has 0 radical (unpaired) electrons. The van der Waals surface area contributed by atoms with Gasteiger partial charge < -0.3 is 14.2 Å². The van der Waals surface area contributed by atoms with Gasteiger partial charge in [0.05, 0.1) is 33.1 Å². The van der Waals surface area contributed by atoms with Crippen molar-refractivity contribution in [3.63, 3.8) is 0 Å². The number of methoxy groups -OCH3 is 3. The van der Waals surface area contributed by atoms with Crippen LogP contribution < -0.4 is 19.6 Å². The van der Waals surface area contributed by atoms with Crippen molar-refractivity contribution in [1.29, 1.82) is 0 Å². The van der Waals surface area contributed by atoms with Crippen molar-refractivity contribution < 1.29 is 19.0 Å². The van der Waals surface area contributed by atoms with Crippen LogP contribution in [0.3, 0.4) is 0 Å². The van der Waals surface area contributed by atoms with Crippen LogP contribution in [0.2, 0.25) is 0 Å². The Kier molecular flexibility index (Phi) is 6.42. The lowest BCUT2D eigenvalue weighted by atomic mass is 10.1. The highest BCUT2D eigenvalue weighted by Crippen LogP contribution is 2.23. The van der Waals surface area contributed by atoms with Crippen molar-refractivity contribution in [1.82, 2.24) is 10.4 Å². The number of nitrogens with zero attached hydrogens (tertiary/aromatic N) is 2. The quantitative estimate of drug-likeness (QED) is 0.492. The van der Waals surface area contributed by atoms with E-state index in [4.69, 9.17) is 14.2 Å². The van der Waals surface area contributed by atoms with Crippen LogP contribution in [0.15, 0.2) is 66.0 Å². The van der Waals surface area contributed by atoms with E-state index in [1.165, 1.54) is 12.4 Å². The van der Waals surface area contributed by atoms with Crippen LogP contribution in [0.25, 0.3) is 11.1 Å². The van der Waals surface area contributed by atoms with Gasteiger partial charge in [0.2, 0.25) is 0 Å². The fraction of sp³-hybridized carbons (Fsp3) is 0.136. The zero-order valence-electron chi connectivity index (χ0n) is 16.4. The van der Waals surface area contributed by atoms with Crippen LogP contribution in [0.4, 0.5) is 0 Å². The van der Waals surface area contributed by atoms with Gasteiger partial charge >= 0.3 is 0 Å². The Bertz CT molecular complexity index is 995. The van der Waals surface area contributed by atoms with E-state index in [1.54, 1.807) is 51.8 Å². The van der Waals surface area contributed by atoms with Crippen molar-refractivity contribution in [2.24, 2.45) is 5.10 Å². The van der Waals surface area contributed by atoms with Gasteiger partial charge in [-0.2, -0.15) is 5.10 Å². The molecule has 0 fully saturated rings. The maximum atomic E-state index is 12.4.